The minimum Gasteiger partial charge on any atom is -0.385 e. The Balaban J connectivity index is 3.45. The Morgan fingerprint density at radius 1 is 1.36 bits per heavy atom. The normalized spacial score (nSPS) is 12.4. The molecular weight excluding hydrogens is 148 g/mol. The first-order valence-corrected chi connectivity index (χ1v) is 3.88. The quantitative estimate of drug-likeness (QED) is 0.656. The minimum absolute atomic E-state index is 0.111. The van der Waals surface area contributed by atoms with E-state index in [-0.39, 0.29) is 13.0 Å². The zero-order valence-corrected chi connectivity index (χ0v) is 7.03. The van der Waals surface area contributed by atoms with Gasteiger partial charge in [-0.15, -0.1) is 0 Å². The minimum atomic E-state index is -2.57. The maximum absolute atomic E-state index is 12.5. The highest BCUT2D eigenvalue weighted by Crippen LogP contribution is 2.15. The summed E-state index contributed by atoms with van der Waals surface area (Å²) in [7, 11) is 0. The van der Waals surface area contributed by atoms with E-state index >= 15 is 0 Å². The Morgan fingerprint density at radius 3 is 2.45 bits per heavy atom. The van der Waals surface area contributed by atoms with Gasteiger partial charge in [0.2, 0.25) is 0 Å². The lowest BCUT2D eigenvalue weighted by atomic mass is 10.2. The molecule has 0 atom stereocenters. The summed E-state index contributed by atoms with van der Waals surface area (Å²) in [5, 5.41) is 2.55. The summed E-state index contributed by atoms with van der Waals surface area (Å²) >= 11 is 0. The van der Waals surface area contributed by atoms with Crippen LogP contribution in [0.3, 0.4) is 0 Å². The molecule has 0 aromatic carbocycles. The van der Waals surface area contributed by atoms with Gasteiger partial charge in [0.15, 0.2) is 0 Å². The number of hydrogen-bond donors (Lipinski definition) is 1. The van der Waals surface area contributed by atoms with Crippen LogP contribution in [-0.4, -0.2) is 12.5 Å². The van der Waals surface area contributed by atoms with Gasteiger partial charge >= 0.3 is 0 Å². The van der Waals surface area contributed by atoms with Crippen molar-refractivity contribution in [2.45, 2.75) is 32.6 Å². The summed E-state index contributed by atoms with van der Waals surface area (Å²) < 4.78 is 25.0. The van der Waals surface area contributed by atoms with Crippen molar-refractivity contribution in [3.63, 3.8) is 0 Å². The monoisotopic (exact) mass is 163 g/mol. The average Bonchev–Trinajstić information content (AvgIpc) is 1.99. The van der Waals surface area contributed by atoms with Gasteiger partial charge in [-0.1, -0.05) is 19.9 Å². The van der Waals surface area contributed by atoms with Gasteiger partial charge in [-0.05, 0) is 12.6 Å². The molecule has 0 aromatic heterocycles. The van der Waals surface area contributed by atoms with Crippen LogP contribution < -0.4 is 5.32 Å². The molecule has 11 heavy (non-hydrogen) atoms. The molecule has 0 amide bonds. The van der Waals surface area contributed by atoms with Crippen LogP contribution in [0.2, 0.25) is 0 Å². The molecule has 0 aliphatic carbocycles. The molecule has 0 aromatic rings. The van der Waals surface area contributed by atoms with E-state index in [1.807, 2.05) is 13.0 Å². The van der Waals surface area contributed by atoms with Gasteiger partial charge in [-0.25, -0.2) is 8.78 Å². The highest BCUT2D eigenvalue weighted by atomic mass is 19.3. The van der Waals surface area contributed by atoms with Crippen molar-refractivity contribution in [2.24, 2.45) is 0 Å². The highest BCUT2D eigenvalue weighted by Gasteiger charge is 2.24. The molecule has 0 bridgehead atoms. The van der Waals surface area contributed by atoms with Gasteiger partial charge in [0.05, 0.1) is 6.54 Å². The Kier molecular flexibility index (Phi) is 4.83. The van der Waals surface area contributed by atoms with Crippen molar-refractivity contribution in [1.29, 1.82) is 0 Å². The first kappa shape index (κ1) is 10.4. The molecule has 0 rings (SSSR count). The fourth-order valence-corrected chi connectivity index (χ4v) is 0.534. The topological polar surface area (TPSA) is 12.0 Å². The molecular formula is C8H15F2N. The number of allylic oxidation sites excluding steroid dienone is 1. The Morgan fingerprint density at radius 2 is 2.00 bits per heavy atom. The van der Waals surface area contributed by atoms with Gasteiger partial charge in [0, 0.05) is 6.42 Å². The second kappa shape index (κ2) is 5.10. The van der Waals surface area contributed by atoms with E-state index in [0.717, 1.165) is 6.42 Å². The van der Waals surface area contributed by atoms with Crippen molar-refractivity contribution < 1.29 is 8.78 Å². The van der Waals surface area contributed by atoms with Crippen molar-refractivity contribution in [2.75, 3.05) is 6.54 Å². The standard InChI is InChI=1S/C8H15F2N/c1-3-5-6-11-7-8(9,10)4-2/h5-6,11H,3-4,7H2,1-2H3/b6-5-. The van der Waals surface area contributed by atoms with E-state index in [1.54, 1.807) is 6.20 Å². The van der Waals surface area contributed by atoms with E-state index in [2.05, 4.69) is 5.32 Å². The zero-order chi connectivity index (χ0) is 8.74. The van der Waals surface area contributed by atoms with Gasteiger partial charge in [-0.2, -0.15) is 0 Å². The van der Waals surface area contributed by atoms with Gasteiger partial charge in [0.25, 0.3) is 5.92 Å². The van der Waals surface area contributed by atoms with Crippen LogP contribution in [-0.2, 0) is 0 Å². The summed E-state index contributed by atoms with van der Waals surface area (Å²) in [4.78, 5) is 0. The predicted octanol–water partition coefficient (Wildman–Crippen LogP) is 2.55. The number of alkyl halides is 2. The van der Waals surface area contributed by atoms with Crippen molar-refractivity contribution >= 4 is 0 Å². The van der Waals surface area contributed by atoms with Crippen molar-refractivity contribution in [1.82, 2.24) is 5.32 Å². The predicted molar refractivity (Wildman–Crippen MR) is 42.7 cm³/mol. The van der Waals surface area contributed by atoms with E-state index in [0.29, 0.717) is 0 Å². The Labute approximate surface area is 66.5 Å². The van der Waals surface area contributed by atoms with E-state index in [1.165, 1.54) is 6.92 Å². The van der Waals surface area contributed by atoms with Crippen molar-refractivity contribution in [3.8, 4) is 0 Å². The Hall–Kier alpha value is -0.600. The lowest BCUT2D eigenvalue weighted by Crippen LogP contribution is -2.28. The van der Waals surface area contributed by atoms with Gasteiger partial charge < -0.3 is 5.32 Å². The SMILES string of the molecule is CC/C=C\NCC(F)(F)CC. The molecule has 3 heteroatoms. The molecule has 0 saturated carbocycles. The third kappa shape index (κ3) is 5.83. The number of halogens is 2. The smallest absolute Gasteiger partial charge is 0.264 e. The van der Waals surface area contributed by atoms with Crippen LogP contribution in [0.1, 0.15) is 26.7 Å². The molecule has 0 radical (unpaired) electrons. The van der Waals surface area contributed by atoms with Crippen LogP contribution in [0.15, 0.2) is 12.3 Å². The second-order valence-corrected chi connectivity index (χ2v) is 2.40. The fraction of sp³-hybridized carbons (Fsp3) is 0.750. The number of nitrogens with one attached hydrogen (secondary N) is 1. The summed E-state index contributed by atoms with van der Waals surface area (Å²) in [6.45, 7) is 3.17. The molecule has 0 unspecified atom stereocenters. The average molecular weight is 163 g/mol. The van der Waals surface area contributed by atoms with E-state index in [4.69, 9.17) is 0 Å². The van der Waals surface area contributed by atoms with Crippen LogP contribution in [0.4, 0.5) is 8.78 Å². The fourth-order valence-electron chi connectivity index (χ4n) is 0.534. The first-order valence-electron chi connectivity index (χ1n) is 3.88. The molecule has 1 nitrogen and oxygen atoms in total. The van der Waals surface area contributed by atoms with Crippen LogP contribution >= 0.6 is 0 Å². The molecule has 0 saturated heterocycles. The van der Waals surface area contributed by atoms with Gasteiger partial charge in [0.1, 0.15) is 0 Å². The van der Waals surface area contributed by atoms with E-state index < -0.39 is 5.92 Å². The van der Waals surface area contributed by atoms with Crippen LogP contribution in [0.5, 0.6) is 0 Å². The maximum atomic E-state index is 12.5. The molecule has 0 heterocycles. The summed E-state index contributed by atoms with van der Waals surface area (Å²) in [6, 6.07) is 0. The number of hydrogen-bond acceptors (Lipinski definition) is 1. The van der Waals surface area contributed by atoms with Gasteiger partial charge in [-0.3, -0.25) is 0 Å². The first-order chi connectivity index (χ1) is 5.12. The Bertz CT molecular complexity index is 121. The summed E-state index contributed by atoms with van der Waals surface area (Å²) in [5.41, 5.74) is 0. The lowest BCUT2D eigenvalue weighted by molar-refractivity contribution is 0.00145. The second-order valence-electron chi connectivity index (χ2n) is 2.40. The largest absolute Gasteiger partial charge is 0.385 e. The van der Waals surface area contributed by atoms with Crippen molar-refractivity contribution in [3.05, 3.63) is 12.3 Å². The molecule has 0 aliphatic rings. The third-order valence-corrected chi connectivity index (χ3v) is 1.35. The third-order valence-electron chi connectivity index (χ3n) is 1.35. The molecule has 0 aliphatic heterocycles. The number of rotatable bonds is 5. The molecule has 0 spiro atoms. The maximum Gasteiger partial charge on any atom is 0.264 e. The summed E-state index contributed by atoms with van der Waals surface area (Å²) in [5.74, 6) is -2.57. The summed E-state index contributed by atoms with van der Waals surface area (Å²) in [6.07, 6.45) is 4.14. The zero-order valence-electron chi connectivity index (χ0n) is 7.03. The molecule has 66 valence electrons. The molecule has 0 fully saturated rings. The van der Waals surface area contributed by atoms with Crippen LogP contribution in [0.25, 0.3) is 0 Å². The lowest BCUT2D eigenvalue weighted by Gasteiger charge is -2.12. The van der Waals surface area contributed by atoms with Crippen LogP contribution in [0, 0.1) is 0 Å². The molecule has 1 N–H and O–H groups in total. The van der Waals surface area contributed by atoms with E-state index in [9.17, 15) is 8.78 Å². The highest BCUT2D eigenvalue weighted by molar-refractivity contribution is 4.80.